The van der Waals surface area contributed by atoms with Gasteiger partial charge in [0.05, 0.1) is 17.4 Å². The molecule has 2 aliphatic heterocycles. The van der Waals surface area contributed by atoms with Gasteiger partial charge in [0.1, 0.15) is 5.92 Å². The first-order valence-electron chi connectivity index (χ1n) is 10.1. The first-order chi connectivity index (χ1) is 14.5. The molecule has 3 aromatic carbocycles. The Morgan fingerprint density at radius 1 is 0.733 bits per heavy atom. The molecule has 0 saturated carbocycles. The molecule has 2 fully saturated rings. The van der Waals surface area contributed by atoms with E-state index >= 15 is 0 Å². The predicted molar refractivity (Wildman–Crippen MR) is 115 cm³/mol. The van der Waals surface area contributed by atoms with Gasteiger partial charge < -0.3 is 0 Å². The van der Waals surface area contributed by atoms with Crippen molar-refractivity contribution in [2.24, 2.45) is 5.92 Å². The number of rotatable bonds is 3. The van der Waals surface area contributed by atoms with Crippen LogP contribution in [-0.4, -0.2) is 17.9 Å². The van der Waals surface area contributed by atoms with E-state index in [1.165, 1.54) is 4.90 Å². The summed E-state index contributed by atoms with van der Waals surface area (Å²) < 4.78 is 0. The van der Waals surface area contributed by atoms with E-state index in [1.807, 2.05) is 86.6 Å². The second kappa shape index (κ2) is 7.11. The van der Waals surface area contributed by atoms with Gasteiger partial charge in [-0.25, -0.2) is 9.96 Å². The van der Waals surface area contributed by atoms with Crippen molar-refractivity contribution < 1.29 is 14.4 Å². The molecule has 0 aliphatic carbocycles. The lowest BCUT2D eigenvalue weighted by atomic mass is 9.90. The topological polar surface area (TPSA) is 49.9 Å². The van der Waals surface area contributed by atoms with Gasteiger partial charge in [-0.2, -0.15) is 0 Å². The lowest BCUT2D eigenvalue weighted by molar-refractivity contribution is -0.126. The Balaban J connectivity index is 1.59. The Labute approximate surface area is 175 Å². The Bertz CT molecular complexity index is 1110. The number of para-hydroxylation sites is 1. The Morgan fingerprint density at radius 2 is 1.43 bits per heavy atom. The first kappa shape index (κ1) is 18.6. The second-order valence-electron chi connectivity index (χ2n) is 7.92. The first-order valence-corrected chi connectivity index (χ1v) is 10.1. The standard InChI is InChI=1S/C25H22N2O3/c1-16-11-13-18(14-12-16)22-21-23(30-27(22)19-8-4-3-5-9-19)25(29)26(24(21)28)20-10-6-7-17(2)15-20/h3-15,21-23H,1-2H3/t21-,22+,23-/m0/s1. The summed E-state index contributed by atoms with van der Waals surface area (Å²) in [5.74, 6) is -1.15. The Hall–Kier alpha value is -3.44. The molecule has 150 valence electrons. The number of benzene rings is 3. The van der Waals surface area contributed by atoms with E-state index in [0.29, 0.717) is 5.69 Å². The van der Waals surface area contributed by atoms with Gasteiger partial charge in [0.2, 0.25) is 5.91 Å². The zero-order chi connectivity index (χ0) is 20.8. The summed E-state index contributed by atoms with van der Waals surface area (Å²) in [7, 11) is 0. The molecular formula is C25H22N2O3. The fraction of sp³-hybridized carbons (Fsp3) is 0.200. The van der Waals surface area contributed by atoms with Crippen LogP contribution in [-0.2, 0) is 14.4 Å². The molecule has 2 aliphatic rings. The fourth-order valence-electron chi connectivity index (χ4n) is 4.34. The molecule has 2 heterocycles. The molecule has 0 unspecified atom stereocenters. The number of aryl methyl sites for hydroxylation is 2. The minimum absolute atomic E-state index is 0.223. The van der Waals surface area contributed by atoms with Crippen molar-refractivity contribution in [3.05, 3.63) is 95.6 Å². The third-order valence-corrected chi connectivity index (χ3v) is 5.80. The molecule has 5 rings (SSSR count). The summed E-state index contributed by atoms with van der Waals surface area (Å²) >= 11 is 0. The number of carbonyl (C=O) groups is 2. The van der Waals surface area contributed by atoms with Crippen molar-refractivity contribution in [3.8, 4) is 0 Å². The molecule has 30 heavy (non-hydrogen) atoms. The number of hydroxylamine groups is 1. The second-order valence-corrected chi connectivity index (χ2v) is 7.92. The van der Waals surface area contributed by atoms with Crippen LogP contribution < -0.4 is 9.96 Å². The average Bonchev–Trinajstić information content (AvgIpc) is 3.26. The maximum atomic E-state index is 13.5. The van der Waals surface area contributed by atoms with Crippen LogP contribution in [0.2, 0.25) is 0 Å². The van der Waals surface area contributed by atoms with Crippen LogP contribution in [0.4, 0.5) is 11.4 Å². The number of nitrogens with zero attached hydrogens (tertiary/aromatic N) is 2. The zero-order valence-corrected chi connectivity index (χ0v) is 16.9. The lowest BCUT2D eigenvalue weighted by Gasteiger charge is -2.28. The van der Waals surface area contributed by atoms with Crippen LogP contribution in [0, 0.1) is 19.8 Å². The highest BCUT2D eigenvalue weighted by Crippen LogP contribution is 2.47. The fourth-order valence-corrected chi connectivity index (χ4v) is 4.34. The van der Waals surface area contributed by atoms with Gasteiger partial charge in [-0.05, 0) is 49.2 Å². The quantitative estimate of drug-likeness (QED) is 0.616. The molecule has 0 spiro atoms. The zero-order valence-electron chi connectivity index (χ0n) is 16.9. The van der Waals surface area contributed by atoms with E-state index in [-0.39, 0.29) is 17.9 Å². The van der Waals surface area contributed by atoms with Crippen LogP contribution in [0.15, 0.2) is 78.9 Å². The van der Waals surface area contributed by atoms with Crippen LogP contribution in [0.1, 0.15) is 22.7 Å². The normalized spacial score (nSPS) is 23.2. The summed E-state index contributed by atoms with van der Waals surface area (Å²) in [4.78, 5) is 34.2. The SMILES string of the molecule is Cc1ccc([C@@H]2[C@@H]3C(=O)N(c4cccc(C)c4)C(=O)[C@H]3ON2c2ccccc2)cc1. The average molecular weight is 398 g/mol. The summed E-state index contributed by atoms with van der Waals surface area (Å²) in [5.41, 5.74) is 4.49. The summed E-state index contributed by atoms with van der Waals surface area (Å²) in [5, 5.41) is 1.73. The van der Waals surface area contributed by atoms with Gasteiger partial charge in [-0.1, -0.05) is 60.2 Å². The molecule has 0 radical (unpaired) electrons. The van der Waals surface area contributed by atoms with Crippen molar-refractivity contribution in [1.29, 1.82) is 0 Å². The molecule has 0 bridgehead atoms. The van der Waals surface area contributed by atoms with Gasteiger partial charge >= 0.3 is 0 Å². The third kappa shape index (κ3) is 2.90. The lowest BCUT2D eigenvalue weighted by Crippen LogP contribution is -2.37. The highest BCUT2D eigenvalue weighted by molar-refractivity contribution is 6.23. The number of fused-ring (bicyclic) bond motifs is 1. The monoisotopic (exact) mass is 398 g/mol. The van der Waals surface area contributed by atoms with Gasteiger partial charge in [0.25, 0.3) is 5.91 Å². The number of hydrogen-bond acceptors (Lipinski definition) is 4. The Kier molecular flexibility index (Phi) is 4.40. The van der Waals surface area contributed by atoms with Crippen LogP contribution in [0.25, 0.3) is 0 Å². The highest BCUT2D eigenvalue weighted by atomic mass is 16.7. The summed E-state index contributed by atoms with van der Waals surface area (Å²) in [6.45, 7) is 3.97. The number of carbonyl (C=O) groups excluding carboxylic acids is 2. The molecule has 5 heteroatoms. The van der Waals surface area contributed by atoms with Crippen molar-refractivity contribution in [3.63, 3.8) is 0 Å². The number of hydrogen-bond donors (Lipinski definition) is 0. The molecule has 2 amide bonds. The summed E-state index contributed by atoms with van der Waals surface area (Å²) in [6.07, 6.45) is -0.843. The maximum absolute atomic E-state index is 13.5. The van der Waals surface area contributed by atoms with Crippen LogP contribution in [0.3, 0.4) is 0 Å². The van der Waals surface area contributed by atoms with Crippen molar-refractivity contribution in [2.75, 3.05) is 9.96 Å². The number of imide groups is 1. The van der Waals surface area contributed by atoms with Gasteiger partial charge in [0, 0.05) is 0 Å². The third-order valence-electron chi connectivity index (χ3n) is 5.80. The molecule has 3 aromatic rings. The van der Waals surface area contributed by atoms with E-state index in [9.17, 15) is 9.59 Å². The van der Waals surface area contributed by atoms with E-state index in [2.05, 4.69) is 0 Å². The van der Waals surface area contributed by atoms with E-state index < -0.39 is 12.0 Å². The van der Waals surface area contributed by atoms with E-state index in [0.717, 1.165) is 22.4 Å². The maximum Gasteiger partial charge on any atom is 0.266 e. The molecular weight excluding hydrogens is 376 g/mol. The molecule has 0 aromatic heterocycles. The largest absolute Gasteiger partial charge is 0.273 e. The van der Waals surface area contributed by atoms with Crippen LogP contribution >= 0.6 is 0 Å². The van der Waals surface area contributed by atoms with Crippen molar-refractivity contribution >= 4 is 23.2 Å². The molecule has 0 N–H and O–H groups in total. The van der Waals surface area contributed by atoms with Crippen LogP contribution in [0.5, 0.6) is 0 Å². The van der Waals surface area contributed by atoms with E-state index in [4.69, 9.17) is 4.84 Å². The van der Waals surface area contributed by atoms with E-state index in [1.54, 1.807) is 11.1 Å². The molecule has 3 atom stereocenters. The predicted octanol–water partition coefficient (Wildman–Crippen LogP) is 4.35. The number of anilines is 2. The molecule has 5 nitrogen and oxygen atoms in total. The van der Waals surface area contributed by atoms with Crippen molar-refractivity contribution in [1.82, 2.24) is 0 Å². The van der Waals surface area contributed by atoms with Gasteiger partial charge in [-0.3, -0.25) is 14.4 Å². The smallest absolute Gasteiger partial charge is 0.266 e. The summed E-state index contributed by atoms with van der Waals surface area (Å²) in [6, 6.07) is 24.7. The minimum Gasteiger partial charge on any atom is -0.273 e. The Morgan fingerprint density at radius 3 is 2.13 bits per heavy atom. The van der Waals surface area contributed by atoms with Crippen molar-refractivity contribution in [2.45, 2.75) is 26.0 Å². The number of amides is 2. The van der Waals surface area contributed by atoms with Gasteiger partial charge in [0.15, 0.2) is 6.10 Å². The highest BCUT2D eigenvalue weighted by Gasteiger charge is 2.60. The molecule has 2 saturated heterocycles. The minimum atomic E-state index is -0.843. The van der Waals surface area contributed by atoms with Gasteiger partial charge in [-0.15, -0.1) is 0 Å².